The van der Waals surface area contributed by atoms with Crippen molar-refractivity contribution in [3.8, 4) is 23.0 Å². The van der Waals surface area contributed by atoms with E-state index in [-0.39, 0.29) is 41.3 Å². The average molecular weight is 519 g/mol. The second-order valence-electron chi connectivity index (χ2n) is 7.79. The molecule has 0 spiro atoms. The highest BCUT2D eigenvalue weighted by Gasteiger charge is 2.31. The van der Waals surface area contributed by atoms with Crippen molar-refractivity contribution in [2.24, 2.45) is 0 Å². The molecule has 184 valence electrons. The van der Waals surface area contributed by atoms with Gasteiger partial charge < -0.3 is 28.6 Å². The van der Waals surface area contributed by atoms with Crippen LogP contribution in [0.2, 0.25) is 5.02 Å². The summed E-state index contributed by atoms with van der Waals surface area (Å²) in [5.74, 6) is -0.139. The van der Waals surface area contributed by atoms with Crippen molar-refractivity contribution in [3.05, 3.63) is 58.6 Å². The third-order valence-electron chi connectivity index (χ3n) is 5.46. The number of thioether (sulfide) groups is 1. The van der Waals surface area contributed by atoms with Crippen molar-refractivity contribution in [1.82, 2.24) is 9.55 Å². The Hall–Kier alpha value is -3.37. The minimum Gasteiger partial charge on any atom is -0.493 e. The van der Waals surface area contributed by atoms with E-state index in [4.69, 9.17) is 30.5 Å². The first-order valence-electron chi connectivity index (χ1n) is 10.6. The van der Waals surface area contributed by atoms with Crippen LogP contribution >= 0.6 is 23.4 Å². The fraction of sp³-hybridized carbons (Fsp3) is 0.292. The average Bonchev–Trinajstić information content (AvgIpc) is 3.52. The van der Waals surface area contributed by atoms with E-state index in [2.05, 4.69) is 11.9 Å². The molecule has 0 bridgehead atoms. The number of ketones is 1. The molecule has 1 aromatic heterocycles. The van der Waals surface area contributed by atoms with Gasteiger partial charge >= 0.3 is 5.97 Å². The Morgan fingerprint density at radius 1 is 1.23 bits per heavy atom. The molecule has 0 aliphatic carbocycles. The van der Waals surface area contributed by atoms with E-state index in [9.17, 15) is 14.7 Å². The number of nitrogens with zero attached hydrogens (tertiary/aromatic N) is 2. The quantitative estimate of drug-likeness (QED) is 0.236. The van der Waals surface area contributed by atoms with E-state index in [1.807, 2.05) is 29.0 Å². The van der Waals surface area contributed by atoms with Crippen LogP contribution in [0.15, 0.2) is 41.7 Å². The van der Waals surface area contributed by atoms with Gasteiger partial charge in [0.2, 0.25) is 6.79 Å². The second kappa shape index (κ2) is 10.5. The smallest absolute Gasteiger partial charge is 0.377 e. The first-order chi connectivity index (χ1) is 16.8. The van der Waals surface area contributed by atoms with Crippen LogP contribution in [0.4, 0.5) is 0 Å². The monoisotopic (exact) mass is 518 g/mol. The number of aliphatic carboxylic acids is 1. The van der Waals surface area contributed by atoms with Gasteiger partial charge in [-0.1, -0.05) is 18.5 Å². The lowest BCUT2D eigenvalue weighted by atomic mass is 10.0. The Bertz CT molecular complexity index is 1280. The minimum atomic E-state index is -1.62. The number of carbonyl (C=O) groups excluding carboxylic acids is 1. The van der Waals surface area contributed by atoms with Crippen LogP contribution in [0.25, 0.3) is 0 Å². The number of hydrogen-bond donors (Lipinski definition) is 1. The summed E-state index contributed by atoms with van der Waals surface area (Å²) in [6.07, 6.45) is 3.58. The Kier molecular flexibility index (Phi) is 7.42. The summed E-state index contributed by atoms with van der Waals surface area (Å²) in [5.41, 5.74) is 1.21. The lowest BCUT2D eigenvalue weighted by molar-refractivity contribution is -0.131. The summed E-state index contributed by atoms with van der Waals surface area (Å²) in [7, 11) is 3.21. The summed E-state index contributed by atoms with van der Waals surface area (Å²) in [6, 6.07) is 7.44. The number of carboxylic acids is 1. The van der Waals surface area contributed by atoms with E-state index in [1.54, 1.807) is 38.4 Å². The fourth-order valence-corrected chi connectivity index (χ4v) is 4.88. The number of ether oxygens (including phenoxy) is 4. The van der Waals surface area contributed by atoms with Crippen molar-refractivity contribution in [1.29, 1.82) is 0 Å². The molecular weight excluding hydrogens is 496 g/mol. The lowest BCUT2D eigenvalue weighted by Crippen LogP contribution is -2.15. The Labute approximate surface area is 210 Å². The first kappa shape index (κ1) is 24.7. The summed E-state index contributed by atoms with van der Waals surface area (Å²) < 4.78 is 23.1. The van der Waals surface area contributed by atoms with Gasteiger partial charge in [-0.15, -0.1) is 11.8 Å². The van der Waals surface area contributed by atoms with E-state index >= 15 is 0 Å². The standard InChI is InChI=1S/C24H23ClN2O7S/c1-13(10-35-15-4-5-17(31-2)18(7-15)32-3)16-9-27(11-26-16)8-14-6-19-23(34-12-33-19)20(21(14)25)22(28)24(29)30/h4-7,9,11,13H,8,10,12H2,1-3H3,(H,29,30). The Morgan fingerprint density at radius 2 is 2.00 bits per heavy atom. The van der Waals surface area contributed by atoms with Crippen LogP contribution in [-0.4, -0.2) is 53.2 Å². The number of methoxy groups -OCH3 is 2. The van der Waals surface area contributed by atoms with E-state index in [1.165, 1.54) is 0 Å². The zero-order valence-electron chi connectivity index (χ0n) is 19.2. The molecule has 2 aromatic carbocycles. The maximum atomic E-state index is 12.2. The van der Waals surface area contributed by atoms with Gasteiger partial charge in [-0.2, -0.15) is 0 Å². The Balaban J connectivity index is 1.48. The first-order valence-corrected chi connectivity index (χ1v) is 11.9. The van der Waals surface area contributed by atoms with Crippen molar-refractivity contribution in [2.75, 3.05) is 26.8 Å². The number of carboxylic acid groups (broad SMARTS) is 1. The van der Waals surface area contributed by atoms with Crippen LogP contribution in [0.1, 0.15) is 34.5 Å². The van der Waals surface area contributed by atoms with Crippen LogP contribution in [0, 0.1) is 0 Å². The van der Waals surface area contributed by atoms with Gasteiger partial charge in [0, 0.05) is 22.8 Å². The summed E-state index contributed by atoms with van der Waals surface area (Å²) in [6.45, 7) is 2.25. The normalized spacial score (nSPS) is 12.9. The highest BCUT2D eigenvalue weighted by Crippen LogP contribution is 2.42. The van der Waals surface area contributed by atoms with Crippen LogP contribution < -0.4 is 18.9 Å². The molecular formula is C24H23ClN2O7S. The topological polar surface area (TPSA) is 109 Å². The van der Waals surface area contributed by atoms with Crippen LogP contribution in [0.3, 0.4) is 0 Å². The van der Waals surface area contributed by atoms with Gasteiger partial charge in [0.15, 0.2) is 23.0 Å². The maximum Gasteiger partial charge on any atom is 0.377 e. The van der Waals surface area contributed by atoms with Crippen LogP contribution in [-0.2, 0) is 11.3 Å². The summed E-state index contributed by atoms with van der Waals surface area (Å²) in [4.78, 5) is 29.1. The number of fused-ring (bicyclic) bond motifs is 1. The van der Waals surface area contributed by atoms with Crippen molar-refractivity contribution in [2.45, 2.75) is 24.3 Å². The van der Waals surface area contributed by atoms with E-state index < -0.39 is 11.8 Å². The van der Waals surface area contributed by atoms with Gasteiger partial charge in [-0.25, -0.2) is 9.78 Å². The van der Waals surface area contributed by atoms with Gasteiger partial charge in [-0.05, 0) is 29.8 Å². The van der Waals surface area contributed by atoms with Crippen LogP contribution in [0.5, 0.6) is 23.0 Å². The number of Topliss-reactive ketones (excluding diaryl/α,β-unsaturated/α-hetero) is 1. The Morgan fingerprint density at radius 3 is 2.71 bits per heavy atom. The fourth-order valence-electron chi connectivity index (χ4n) is 3.63. The zero-order valence-corrected chi connectivity index (χ0v) is 20.8. The number of hydrogen-bond acceptors (Lipinski definition) is 8. The van der Waals surface area contributed by atoms with Gasteiger partial charge in [0.25, 0.3) is 5.78 Å². The minimum absolute atomic E-state index is 0.0222. The number of halogens is 1. The maximum absolute atomic E-state index is 12.2. The predicted octanol–water partition coefficient (Wildman–Crippen LogP) is 4.49. The molecule has 1 aliphatic heterocycles. The molecule has 0 saturated carbocycles. The molecule has 4 rings (SSSR count). The third-order valence-corrected chi connectivity index (χ3v) is 7.15. The molecule has 1 N–H and O–H groups in total. The molecule has 1 unspecified atom stereocenters. The van der Waals surface area contributed by atoms with Gasteiger partial charge in [0.1, 0.15) is 0 Å². The number of aromatic nitrogens is 2. The molecule has 35 heavy (non-hydrogen) atoms. The molecule has 2 heterocycles. The van der Waals surface area contributed by atoms with Crippen molar-refractivity contribution in [3.63, 3.8) is 0 Å². The van der Waals surface area contributed by atoms with Crippen molar-refractivity contribution < 1.29 is 33.6 Å². The largest absolute Gasteiger partial charge is 0.493 e. The SMILES string of the molecule is COc1ccc(SCC(C)c2cn(Cc3cc4c(c(C(=O)C(=O)O)c3Cl)OCO4)cn2)cc1OC. The molecule has 1 atom stereocenters. The number of carbonyl (C=O) groups is 2. The highest BCUT2D eigenvalue weighted by molar-refractivity contribution is 7.99. The molecule has 0 amide bonds. The molecule has 3 aromatic rings. The number of benzene rings is 2. The number of rotatable bonds is 10. The summed E-state index contributed by atoms with van der Waals surface area (Å²) >= 11 is 8.12. The van der Waals surface area contributed by atoms with Gasteiger partial charge in [-0.3, -0.25) is 4.79 Å². The molecule has 0 fully saturated rings. The molecule has 0 saturated heterocycles. The van der Waals surface area contributed by atoms with Gasteiger partial charge in [0.05, 0.1) is 43.4 Å². The van der Waals surface area contributed by atoms with Crippen molar-refractivity contribution >= 4 is 35.1 Å². The lowest BCUT2D eigenvalue weighted by Gasteiger charge is -2.12. The number of imidazole rings is 1. The molecule has 1 aliphatic rings. The third kappa shape index (κ3) is 5.18. The highest BCUT2D eigenvalue weighted by atomic mass is 35.5. The van der Waals surface area contributed by atoms with E-state index in [0.717, 1.165) is 16.3 Å². The molecule has 0 radical (unpaired) electrons. The second-order valence-corrected chi connectivity index (χ2v) is 9.26. The zero-order chi connectivity index (χ0) is 25.1. The molecule has 9 nitrogen and oxygen atoms in total. The molecule has 11 heteroatoms. The predicted molar refractivity (Wildman–Crippen MR) is 130 cm³/mol. The van der Waals surface area contributed by atoms with E-state index in [0.29, 0.717) is 17.1 Å². The summed E-state index contributed by atoms with van der Waals surface area (Å²) in [5, 5.41) is 9.21.